The molecule has 1 aromatic rings. The van der Waals surface area contributed by atoms with E-state index in [2.05, 4.69) is 12.2 Å². The van der Waals surface area contributed by atoms with Crippen LogP contribution in [0.2, 0.25) is 0 Å². The Bertz CT molecular complexity index is 758. The number of hydrogen-bond donors (Lipinski definition) is 1. The summed E-state index contributed by atoms with van der Waals surface area (Å²) in [5.74, 6) is -0.417. The number of rotatable bonds is 8. The van der Waals surface area contributed by atoms with Crippen LogP contribution in [0, 0.1) is 5.92 Å². The summed E-state index contributed by atoms with van der Waals surface area (Å²) in [7, 11) is -4.27. The van der Waals surface area contributed by atoms with Crippen LogP contribution in [0.4, 0.5) is 13.2 Å². The van der Waals surface area contributed by atoms with E-state index in [0.29, 0.717) is 19.4 Å². The first-order valence-electron chi connectivity index (χ1n) is 9.62. The SMILES string of the molecule is CCCCCCNC(=O)C1CCN(S(=O)(=O)c2ccccc2C(F)(F)F)CC1. The fourth-order valence-electron chi connectivity index (χ4n) is 3.33. The first kappa shape index (κ1) is 22.7. The molecule has 1 heterocycles. The molecule has 0 saturated carbocycles. The molecule has 9 heteroatoms. The molecule has 1 amide bonds. The van der Waals surface area contributed by atoms with Crippen LogP contribution in [-0.2, 0) is 21.0 Å². The van der Waals surface area contributed by atoms with Crippen LogP contribution in [0.1, 0.15) is 51.0 Å². The van der Waals surface area contributed by atoms with Gasteiger partial charge in [0.15, 0.2) is 0 Å². The Balaban J connectivity index is 1.97. The van der Waals surface area contributed by atoms with Crippen molar-refractivity contribution in [3.8, 4) is 0 Å². The number of nitrogens with zero attached hydrogens (tertiary/aromatic N) is 1. The van der Waals surface area contributed by atoms with Gasteiger partial charge >= 0.3 is 6.18 Å². The molecule has 1 aliphatic heterocycles. The lowest BCUT2D eigenvalue weighted by Gasteiger charge is -2.31. The molecule has 2 rings (SSSR count). The summed E-state index contributed by atoms with van der Waals surface area (Å²) in [6, 6.07) is 4.19. The average Bonchev–Trinajstić information content (AvgIpc) is 2.67. The first-order valence-corrected chi connectivity index (χ1v) is 11.1. The zero-order valence-electron chi connectivity index (χ0n) is 16.0. The number of hydrogen-bond acceptors (Lipinski definition) is 3. The predicted molar refractivity (Wildman–Crippen MR) is 100 cm³/mol. The molecule has 0 bridgehead atoms. The number of halogens is 3. The van der Waals surface area contributed by atoms with E-state index in [9.17, 15) is 26.4 Å². The Labute approximate surface area is 164 Å². The Kier molecular flexibility index (Phi) is 7.88. The molecular formula is C19H27F3N2O3S. The van der Waals surface area contributed by atoms with Gasteiger partial charge < -0.3 is 5.32 Å². The normalized spacial score (nSPS) is 16.9. The summed E-state index contributed by atoms with van der Waals surface area (Å²) in [5.41, 5.74) is -1.16. The highest BCUT2D eigenvalue weighted by atomic mass is 32.2. The van der Waals surface area contributed by atoms with Crippen LogP contribution in [0.3, 0.4) is 0 Å². The highest BCUT2D eigenvalue weighted by molar-refractivity contribution is 7.89. The van der Waals surface area contributed by atoms with Crippen molar-refractivity contribution in [1.82, 2.24) is 9.62 Å². The topological polar surface area (TPSA) is 66.5 Å². The zero-order valence-corrected chi connectivity index (χ0v) is 16.8. The third kappa shape index (κ3) is 5.70. The Morgan fingerprint density at radius 2 is 1.79 bits per heavy atom. The third-order valence-corrected chi connectivity index (χ3v) is 6.92. The molecule has 1 aliphatic rings. The van der Waals surface area contributed by atoms with Crippen molar-refractivity contribution >= 4 is 15.9 Å². The lowest BCUT2D eigenvalue weighted by Crippen LogP contribution is -2.43. The molecule has 1 saturated heterocycles. The maximum atomic E-state index is 13.2. The molecule has 0 atom stereocenters. The van der Waals surface area contributed by atoms with Crippen LogP contribution in [0.15, 0.2) is 29.2 Å². The van der Waals surface area contributed by atoms with E-state index < -0.39 is 26.7 Å². The van der Waals surface area contributed by atoms with Gasteiger partial charge in [-0.3, -0.25) is 4.79 Å². The Morgan fingerprint density at radius 1 is 1.14 bits per heavy atom. The van der Waals surface area contributed by atoms with Crippen LogP contribution in [0.25, 0.3) is 0 Å². The summed E-state index contributed by atoms with van der Waals surface area (Å²) in [6.45, 7) is 2.76. The monoisotopic (exact) mass is 420 g/mol. The molecule has 0 aromatic heterocycles. The summed E-state index contributed by atoms with van der Waals surface area (Å²) >= 11 is 0. The molecule has 0 unspecified atom stereocenters. The fourth-order valence-corrected chi connectivity index (χ4v) is 5.01. The number of sulfonamides is 1. The van der Waals surface area contributed by atoms with Crippen LogP contribution >= 0.6 is 0 Å². The quantitative estimate of drug-likeness (QED) is 0.651. The number of carbonyl (C=O) groups excluding carboxylic acids is 1. The van der Waals surface area contributed by atoms with E-state index in [-0.39, 0.29) is 24.9 Å². The van der Waals surface area contributed by atoms with E-state index in [0.717, 1.165) is 42.1 Å². The second-order valence-corrected chi connectivity index (χ2v) is 8.93. The summed E-state index contributed by atoms with van der Waals surface area (Å²) in [6.07, 6.45) is 0.0268. The molecule has 1 N–H and O–H groups in total. The molecular weight excluding hydrogens is 393 g/mol. The number of piperidine rings is 1. The molecule has 0 spiro atoms. The predicted octanol–water partition coefficient (Wildman–Crippen LogP) is 3.80. The standard InChI is InChI=1S/C19H27F3N2O3S/c1-2-3-4-7-12-23-18(25)15-10-13-24(14-11-15)28(26,27)17-9-6-5-8-16(17)19(20,21)22/h5-6,8-9,15H,2-4,7,10-14H2,1H3,(H,23,25). The maximum absolute atomic E-state index is 13.2. The van der Waals surface area contributed by atoms with Crippen molar-refractivity contribution < 1.29 is 26.4 Å². The van der Waals surface area contributed by atoms with Crippen LogP contribution < -0.4 is 5.32 Å². The van der Waals surface area contributed by atoms with E-state index in [1.807, 2.05) is 0 Å². The highest BCUT2D eigenvalue weighted by Crippen LogP contribution is 2.36. The maximum Gasteiger partial charge on any atom is 0.417 e. The van der Waals surface area contributed by atoms with E-state index in [1.54, 1.807) is 0 Å². The number of benzene rings is 1. The number of amides is 1. The van der Waals surface area contributed by atoms with Gasteiger partial charge in [-0.25, -0.2) is 8.42 Å². The second-order valence-electron chi connectivity index (χ2n) is 7.02. The van der Waals surface area contributed by atoms with Crippen molar-refractivity contribution in [3.63, 3.8) is 0 Å². The van der Waals surface area contributed by atoms with E-state index >= 15 is 0 Å². The molecule has 1 aromatic carbocycles. The van der Waals surface area contributed by atoms with Crippen molar-refractivity contribution in [3.05, 3.63) is 29.8 Å². The summed E-state index contributed by atoms with van der Waals surface area (Å²) in [5, 5.41) is 2.87. The average molecular weight is 420 g/mol. The number of unbranched alkanes of at least 4 members (excludes halogenated alkanes) is 3. The number of carbonyl (C=O) groups is 1. The number of nitrogens with one attached hydrogen (secondary N) is 1. The smallest absolute Gasteiger partial charge is 0.356 e. The van der Waals surface area contributed by atoms with E-state index in [4.69, 9.17) is 0 Å². The van der Waals surface area contributed by atoms with Gasteiger partial charge in [-0.05, 0) is 31.4 Å². The zero-order chi connectivity index (χ0) is 20.8. The van der Waals surface area contributed by atoms with Crippen molar-refractivity contribution in [2.75, 3.05) is 19.6 Å². The van der Waals surface area contributed by atoms with E-state index in [1.165, 1.54) is 12.1 Å². The van der Waals surface area contributed by atoms with Crippen molar-refractivity contribution in [2.45, 2.75) is 56.5 Å². The second kappa shape index (κ2) is 9.73. The minimum absolute atomic E-state index is 0.0302. The third-order valence-electron chi connectivity index (χ3n) is 4.96. The Morgan fingerprint density at radius 3 is 2.39 bits per heavy atom. The molecule has 28 heavy (non-hydrogen) atoms. The minimum Gasteiger partial charge on any atom is -0.356 e. The minimum atomic E-state index is -4.75. The fraction of sp³-hybridized carbons (Fsp3) is 0.632. The Hall–Kier alpha value is -1.61. The molecule has 5 nitrogen and oxygen atoms in total. The summed E-state index contributed by atoms with van der Waals surface area (Å²) < 4.78 is 66.0. The summed E-state index contributed by atoms with van der Waals surface area (Å²) in [4.78, 5) is 11.5. The van der Waals surface area contributed by atoms with Crippen LogP contribution in [-0.4, -0.2) is 38.3 Å². The van der Waals surface area contributed by atoms with Gasteiger partial charge in [-0.2, -0.15) is 17.5 Å². The van der Waals surface area contributed by atoms with Crippen molar-refractivity contribution in [1.29, 1.82) is 0 Å². The van der Waals surface area contributed by atoms with Crippen molar-refractivity contribution in [2.24, 2.45) is 5.92 Å². The molecule has 1 fully saturated rings. The number of alkyl halides is 3. The van der Waals surface area contributed by atoms with Gasteiger partial charge in [0.05, 0.1) is 10.5 Å². The lowest BCUT2D eigenvalue weighted by molar-refractivity contribution is -0.139. The van der Waals surface area contributed by atoms with Gasteiger partial charge in [0, 0.05) is 25.6 Å². The molecule has 0 radical (unpaired) electrons. The highest BCUT2D eigenvalue weighted by Gasteiger charge is 2.40. The lowest BCUT2D eigenvalue weighted by atomic mass is 9.97. The van der Waals surface area contributed by atoms with Gasteiger partial charge in [0.1, 0.15) is 0 Å². The van der Waals surface area contributed by atoms with Gasteiger partial charge in [-0.15, -0.1) is 0 Å². The van der Waals surface area contributed by atoms with Gasteiger partial charge in [-0.1, -0.05) is 38.3 Å². The molecule has 158 valence electrons. The van der Waals surface area contributed by atoms with Crippen LogP contribution in [0.5, 0.6) is 0 Å². The first-order chi connectivity index (χ1) is 13.2. The molecule has 0 aliphatic carbocycles. The van der Waals surface area contributed by atoms with Gasteiger partial charge in [0.25, 0.3) is 0 Å². The largest absolute Gasteiger partial charge is 0.417 e. The van der Waals surface area contributed by atoms with Gasteiger partial charge in [0.2, 0.25) is 15.9 Å².